The summed E-state index contributed by atoms with van der Waals surface area (Å²) >= 11 is 0. The van der Waals surface area contributed by atoms with Crippen molar-refractivity contribution in [2.24, 2.45) is 5.41 Å². The number of nitrogens with one attached hydrogen (secondary N) is 2. The van der Waals surface area contributed by atoms with Crippen LogP contribution in [0, 0.1) is 5.41 Å². The Balaban J connectivity index is 1.11. The first-order valence-corrected chi connectivity index (χ1v) is 16.5. The second-order valence-corrected chi connectivity index (χ2v) is 14.0. The van der Waals surface area contributed by atoms with Gasteiger partial charge in [0.2, 0.25) is 5.91 Å². The summed E-state index contributed by atoms with van der Waals surface area (Å²) in [5.74, 6) is -0.414. The first-order valence-electron chi connectivity index (χ1n) is 16.5. The van der Waals surface area contributed by atoms with Gasteiger partial charge in [-0.25, -0.2) is 9.59 Å². The molecule has 1 saturated heterocycles. The highest BCUT2D eigenvalue weighted by Gasteiger charge is 2.57. The molecular formula is C39H42N4O6. The van der Waals surface area contributed by atoms with Crippen LogP contribution in [-0.2, 0) is 16.0 Å². The van der Waals surface area contributed by atoms with Crippen molar-refractivity contribution in [3.63, 3.8) is 0 Å². The van der Waals surface area contributed by atoms with E-state index >= 15 is 0 Å². The summed E-state index contributed by atoms with van der Waals surface area (Å²) in [4.78, 5) is 44.4. The Morgan fingerprint density at radius 3 is 2.16 bits per heavy atom. The van der Waals surface area contributed by atoms with Gasteiger partial charge >= 0.3 is 12.2 Å². The van der Waals surface area contributed by atoms with Crippen LogP contribution in [0.4, 0.5) is 15.3 Å². The Bertz CT molecular complexity index is 1790. The summed E-state index contributed by atoms with van der Waals surface area (Å²) in [5.41, 5.74) is 4.58. The van der Waals surface area contributed by atoms with Crippen LogP contribution in [0.1, 0.15) is 75.0 Å². The Hall–Kier alpha value is -5.22. The van der Waals surface area contributed by atoms with E-state index in [4.69, 9.17) is 4.74 Å². The standard InChI is InChI=1S/C39H42N4O6/c1-24(41-36(46)49-34-30-13-7-5-11-28(30)29-12-6-8-14-31(29)34)35(45)42-27-17-15-25(16-18-27)22-39(38(2,3)4)20-19-32(43(39)37(47)48)33(44)26-10-9-21-40-23-26/h5-18,21,23-24,32-34,44H,19-20,22H2,1-4H3,(H,41,46)(H,42,45)(H,47,48)/t24-,32+,33+,39-/m0/s1. The molecule has 4 aromatic rings. The van der Waals surface area contributed by atoms with Crippen LogP contribution in [-0.4, -0.2) is 55.8 Å². The Morgan fingerprint density at radius 2 is 1.59 bits per heavy atom. The number of aliphatic hydroxyl groups is 1. The van der Waals surface area contributed by atoms with Crippen molar-refractivity contribution < 1.29 is 29.3 Å². The number of aliphatic hydroxyl groups excluding tert-OH is 1. The number of benzene rings is 3. The molecule has 4 atom stereocenters. The summed E-state index contributed by atoms with van der Waals surface area (Å²) in [5, 5.41) is 27.2. The minimum absolute atomic E-state index is 0.414. The molecule has 254 valence electrons. The molecule has 2 heterocycles. The maximum atomic E-state index is 13.1. The highest BCUT2D eigenvalue weighted by atomic mass is 16.6. The number of alkyl carbamates (subject to hydrolysis) is 1. The molecule has 10 nitrogen and oxygen atoms in total. The average Bonchev–Trinajstić information content (AvgIpc) is 3.63. The van der Waals surface area contributed by atoms with Gasteiger partial charge in [0, 0.05) is 34.8 Å². The molecule has 3 aromatic carbocycles. The first kappa shape index (κ1) is 33.7. The Labute approximate surface area is 286 Å². The molecule has 4 N–H and O–H groups in total. The van der Waals surface area contributed by atoms with E-state index in [2.05, 4.69) is 15.6 Å². The number of aromatic nitrogens is 1. The fraction of sp³-hybridized carbons (Fsp3) is 0.333. The molecule has 6 rings (SSSR count). The fourth-order valence-electron chi connectivity index (χ4n) is 7.44. The zero-order valence-electron chi connectivity index (χ0n) is 28.1. The minimum atomic E-state index is -1.08. The molecule has 0 unspecified atom stereocenters. The number of hydrogen-bond acceptors (Lipinski definition) is 6. The molecule has 49 heavy (non-hydrogen) atoms. The van der Waals surface area contributed by atoms with Gasteiger partial charge in [-0.05, 0) is 66.5 Å². The number of carbonyl (C=O) groups is 3. The molecule has 2 aliphatic rings. The molecule has 3 amide bonds. The number of fused-ring (bicyclic) bond motifs is 3. The van der Waals surface area contributed by atoms with E-state index in [-0.39, 0.29) is 0 Å². The molecule has 1 aliphatic carbocycles. The van der Waals surface area contributed by atoms with Gasteiger partial charge in [0.05, 0.1) is 11.6 Å². The van der Waals surface area contributed by atoms with Gasteiger partial charge in [0.25, 0.3) is 0 Å². The summed E-state index contributed by atoms with van der Waals surface area (Å²) in [7, 11) is 0. The lowest BCUT2D eigenvalue weighted by molar-refractivity contribution is -0.117. The summed E-state index contributed by atoms with van der Waals surface area (Å²) in [6.45, 7) is 7.67. The number of ether oxygens (including phenoxy) is 1. The SMILES string of the molecule is C[C@H](NC(=O)OC1c2ccccc2-c2ccccc21)C(=O)Nc1ccc(C[C@]2(C(C)(C)C)CC[C@H]([C@H](O)c3cccnc3)N2C(=O)O)cc1. The number of carbonyl (C=O) groups excluding carboxylic acids is 2. The largest absolute Gasteiger partial charge is 0.465 e. The predicted molar refractivity (Wildman–Crippen MR) is 186 cm³/mol. The third kappa shape index (κ3) is 6.48. The van der Waals surface area contributed by atoms with Gasteiger partial charge in [-0.2, -0.15) is 0 Å². The second kappa shape index (κ2) is 13.4. The van der Waals surface area contributed by atoms with Crippen molar-refractivity contribution in [1.82, 2.24) is 15.2 Å². The zero-order valence-corrected chi connectivity index (χ0v) is 28.1. The van der Waals surface area contributed by atoms with Crippen LogP contribution in [0.3, 0.4) is 0 Å². The van der Waals surface area contributed by atoms with Crippen LogP contribution >= 0.6 is 0 Å². The van der Waals surface area contributed by atoms with E-state index in [0.717, 1.165) is 27.8 Å². The monoisotopic (exact) mass is 662 g/mol. The summed E-state index contributed by atoms with van der Waals surface area (Å²) in [6, 6.07) is 24.8. The fourth-order valence-corrected chi connectivity index (χ4v) is 7.44. The quantitative estimate of drug-likeness (QED) is 0.158. The van der Waals surface area contributed by atoms with Gasteiger partial charge < -0.3 is 25.6 Å². The van der Waals surface area contributed by atoms with Crippen LogP contribution in [0.5, 0.6) is 0 Å². The van der Waals surface area contributed by atoms with E-state index in [0.29, 0.717) is 30.5 Å². The third-order valence-electron chi connectivity index (χ3n) is 10.1. The van der Waals surface area contributed by atoms with Gasteiger partial charge in [-0.1, -0.05) is 87.5 Å². The van der Waals surface area contributed by atoms with Crippen LogP contribution in [0.15, 0.2) is 97.3 Å². The van der Waals surface area contributed by atoms with Crippen molar-refractivity contribution in [3.8, 4) is 11.1 Å². The first-order chi connectivity index (χ1) is 23.4. The molecule has 1 aliphatic heterocycles. The van der Waals surface area contributed by atoms with Crippen molar-refractivity contribution in [2.75, 3.05) is 5.32 Å². The minimum Gasteiger partial charge on any atom is -0.465 e. The maximum absolute atomic E-state index is 13.1. The van der Waals surface area contributed by atoms with Gasteiger partial charge in [0.15, 0.2) is 6.10 Å². The predicted octanol–water partition coefficient (Wildman–Crippen LogP) is 7.11. The van der Waals surface area contributed by atoms with Crippen LogP contribution < -0.4 is 10.6 Å². The van der Waals surface area contributed by atoms with E-state index in [1.807, 2.05) is 81.4 Å². The lowest BCUT2D eigenvalue weighted by Crippen LogP contribution is -2.59. The van der Waals surface area contributed by atoms with E-state index in [1.54, 1.807) is 43.6 Å². The van der Waals surface area contributed by atoms with Gasteiger partial charge in [0.1, 0.15) is 12.1 Å². The average molecular weight is 663 g/mol. The van der Waals surface area contributed by atoms with E-state index < -0.39 is 53.3 Å². The zero-order chi connectivity index (χ0) is 34.9. The molecule has 0 spiro atoms. The van der Waals surface area contributed by atoms with Crippen LogP contribution in [0.25, 0.3) is 11.1 Å². The molecule has 0 saturated carbocycles. The number of carboxylic acid groups (broad SMARTS) is 1. The molecule has 1 aromatic heterocycles. The maximum Gasteiger partial charge on any atom is 0.408 e. The summed E-state index contributed by atoms with van der Waals surface area (Å²) in [6.07, 6.45) is 1.32. The number of nitrogens with zero attached hydrogens (tertiary/aromatic N) is 2. The van der Waals surface area contributed by atoms with Gasteiger partial charge in [-0.3, -0.25) is 14.7 Å². The van der Waals surface area contributed by atoms with Crippen LogP contribution in [0.2, 0.25) is 0 Å². The second-order valence-electron chi connectivity index (χ2n) is 14.0. The number of amides is 3. The topological polar surface area (TPSA) is 141 Å². The third-order valence-corrected chi connectivity index (χ3v) is 10.1. The normalized spacial score (nSPS) is 19.8. The Kier molecular flexibility index (Phi) is 9.18. The van der Waals surface area contributed by atoms with E-state index in [1.165, 1.54) is 4.90 Å². The molecule has 0 bridgehead atoms. The van der Waals surface area contributed by atoms with Crippen molar-refractivity contribution >= 4 is 23.8 Å². The number of likely N-dealkylation sites (tertiary alicyclic amines) is 1. The summed E-state index contributed by atoms with van der Waals surface area (Å²) < 4.78 is 5.83. The number of pyridine rings is 1. The number of hydrogen-bond donors (Lipinski definition) is 4. The van der Waals surface area contributed by atoms with E-state index in [9.17, 15) is 24.6 Å². The molecule has 0 radical (unpaired) electrons. The van der Waals surface area contributed by atoms with Crippen molar-refractivity contribution in [2.45, 2.75) is 76.8 Å². The lowest BCUT2D eigenvalue weighted by Gasteiger charge is -2.49. The van der Waals surface area contributed by atoms with Gasteiger partial charge in [-0.15, -0.1) is 0 Å². The smallest absolute Gasteiger partial charge is 0.408 e. The van der Waals surface area contributed by atoms with Crippen molar-refractivity contribution in [3.05, 3.63) is 120 Å². The highest BCUT2D eigenvalue weighted by molar-refractivity contribution is 5.96. The highest BCUT2D eigenvalue weighted by Crippen LogP contribution is 2.51. The number of anilines is 1. The lowest BCUT2D eigenvalue weighted by atomic mass is 9.68. The molecule has 1 fully saturated rings. The number of rotatable bonds is 8. The molecule has 10 heteroatoms. The Morgan fingerprint density at radius 1 is 0.959 bits per heavy atom. The molecular weight excluding hydrogens is 620 g/mol. The van der Waals surface area contributed by atoms with Crippen molar-refractivity contribution in [1.29, 1.82) is 0 Å².